The zero-order valence-corrected chi connectivity index (χ0v) is 10.3. The van der Waals surface area contributed by atoms with E-state index >= 15 is 0 Å². The molecule has 19 heavy (non-hydrogen) atoms. The summed E-state index contributed by atoms with van der Waals surface area (Å²) in [6, 6.07) is 12.6. The Morgan fingerprint density at radius 2 is 1.79 bits per heavy atom. The molecule has 2 aromatic rings. The second-order valence-electron chi connectivity index (χ2n) is 4.24. The molecule has 3 rings (SSSR count). The molecule has 1 aromatic heterocycles. The van der Waals surface area contributed by atoms with Crippen LogP contribution in [0.5, 0.6) is 0 Å². The average Bonchev–Trinajstić information content (AvgIpc) is 3.02. The third-order valence-electron chi connectivity index (χ3n) is 2.96. The fourth-order valence-corrected chi connectivity index (χ4v) is 1.99. The van der Waals surface area contributed by atoms with Gasteiger partial charge >= 0.3 is 0 Å². The molecule has 0 saturated carbocycles. The van der Waals surface area contributed by atoms with Crippen molar-refractivity contribution in [3.05, 3.63) is 65.5 Å². The van der Waals surface area contributed by atoms with E-state index in [0.29, 0.717) is 24.5 Å². The molecule has 1 saturated heterocycles. The summed E-state index contributed by atoms with van der Waals surface area (Å²) in [5, 5.41) is 0. The van der Waals surface area contributed by atoms with Crippen LogP contribution in [0.25, 0.3) is 0 Å². The minimum atomic E-state index is -0.306. The van der Waals surface area contributed by atoms with E-state index in [4.69, 9.17) is 9.47 Å². The molecule has 1 aromatic carbocycles. The minimum absolute atomic E-state index is 0.0830. The number of nitrogens with zero attached hydrogens (tertiary/aromatic N) is 1. The summed E-state index contributed by atoms with van der Waals surface area (Å²) in [7, 11) is 0. The van der Waals surface area contributed by atoms with Gasteiger partial charge in [0.15, 0.2) is 6.29 Å². The summed E-state index contributed by atoms with van der Waals surface area (Å²) in [4.78, 5) is 16.2. The number of hydrogen-bond donors (Lipinski definition) is 0. The summed E-state index contributed by atoms with van der Waals surface area (Å²) in [6.07, 6.45) is 1.31. The molecule has 1 fully saturated rings. The number of hydrogen-bond acceptors (Lipinski definition) is 4. The van der Waals surface area contributed by atoms with Gasteiger partial charge in [0.1, 0.15) is 5.69 Å². The highest BCUT2D eigenvalue weighted by Gasteiger charge is 2.18. The number of carbonyl (C=O) groups excluding carboxylic acids is 1. The lowest BCUT2D eigenvalue weighted by Gasteiger charge is -2.09. The fraction of sp³-hybridized carbons (Fsp3) is 0.200. The minimum Gasteiger partial charge on any atom is -0.346 e. The van der Waals surface area contributed by atoms with E-state index in [0.717, 1.165) is 5.56 Å². The Kier molecular flexibility index (Phi) is 3.35. The van der Waals surface area contributed by atoms with Gasteiger partial charge in [-0.15, -0.1) is 0 Å². The summed E-state index contributed by atoms with van der Waals surface area (Å²) >= 11 is 0. The van der Waals surface area contributed by atoms with Gasteiger partial charge in [-0.05, 0) is 12.1 Å². The first kappa shape index (κ1) is 12.0. The molecule has 0 atom stereocenters. The van der Waals surface area contributed by atoms with E-state index < -0.39 is 0 Å². The summed E-state index contributed by atoms with van der Waals surface area (Å²) in [5.74, 6) is -0.0830. The van der Waals surface area contributed by atoms with Crippen molar-refractivity contribution < 1.29 is 14.3 Å². The van der Waals surface area contributed by atoms with Crippen LogP contribution in [0.1, 0.15) is 27.9 Å². The highest BCUT2D eigenvalue weighted by atomic mass is 16.7. The van der Waals surface area contributed by atoms with Gasteiger partial charge in [-0.25, -0.2) is 0 Å². The van der Waals surface area contributed by atoms with Gasteiger partial charge in [0.2, 0.25) is 5.78 Å². The van der Waals surface area contributed by atoms with Gasteiger partial charge in [0, 0.05) is 17.3 Å². The largest absolute Gasteiger partial charge is 0.346 e. The molecule has 4 heteroatoms. The number of ether oxygens (including phenoxy) is 2. The van der Waals surface area contributed by atoms with E-state index in [-0.39, 0.29) is 12.1 Å². The first-order chi connectivity index (χ1) is 9.34. The van der Waals surface area contributed by atoms with Crippen LogP contribution in [0.15, 0.2) is 48.7 Å². The van der Waals surface area contributed by atoms with Crippen LogP contribution in [0, 0.1) is 0 Å². The lowest BCUT2D eigenvalue weighted by atomic mass is 10.1. The first-order valence-corrected chi connectivity index (χ1v) is 6.13. The van der Waals surface area contributed by atoms with E-state index in [1.54, 1.807) is 36.5 Å². The SMILES string of the molecule is O=C(c1ccc(C2OCCO2)cc1)c1ccccn1. The predicted octanol–water partition coefficient (Wildman–Crippen LogP) is 2.36. The van der Waals surface area contributed by atoms with Gasteiger partial charge in [0.25, 0.3) is 0 Å². The van der Waals surface area contributed by atoms with Gasteiger partial charge in [-0.2, -0.15) is 0 Å². The zero-order valence-electron chi connectivity index (χ0n) is 10.3. The third kappa shape index (κ3) is 2.54. The maximum Gasteiger partial charge on any atom is 0.211 e. The van der Waals surface area contributed by atoms with Crippen molar-refractivity contribution in [2.75, 3.05) is 13.2 Å². The Bertz CT molecular complexity index is 560. The van der Waals surface area contributed by atoms with Crippen molar-refractivity contribution in [1.29, 1.82) is 0 Å². The van der Waals surface area contributed by atoms with Crippen molar-refractivity contribution in [1.82, 2.24) is 4.98 Å². The van der Waals surface area contributed by atoms with E-state index in [2.05, 4.69) is 4.98 Å². The standard InChI is InChI=1S/C15H13NO3/c17-14(13-3-1-2-8-16-13)11-4-6-12(7-5-11)15-18-9-10-19-15/h1-8,15H,9-10H2. The summed E-state index contributed by atoms with van der Waals surface area (Å²) in [6.45, 7) is 1.22. The van der Waals surface area contributed by atoms with Gasteiger partial charge < -0.3 is 9.47 Å². The molecular formula is C15H13NO3. The summed E-state index contributed by atoms with van der Waals surface area (Å²) in [5.41, 5.74) is 1.99. The second kappa shape index (κ2) is 5.30. The number of ketones is 1. The number of benzene rings is 1. The monoisotopic (exact) mass is 255 g/mol. The molecule has 0 aliphatic carbocycles. The Labute approximate surface area is 111 Å². The maximum atomic E-state index is 12.2. The van der Waals surface area contributed by atoms with Crippen LogP contribution in [0.4, 0.5) is 0 Å². The summed E-state index contributed by atoms with van der Waals surface area (Å²) < 4.78 is 10.8. The van der Waals surface area contributed by atoms with Crippen LogP contribution in [0.3, 0.4) is 0 Å². The quantitative estimate of drug-likeness (QED) is 0.790. The predicted molar refractivity (Wildman–Crippen MR) is 68.8 cm³/mol. The Morgan fingerprint density at radius 1 is 1.05 bits per heavy atom. The fourth-order valence-electron chi connectivity index (χ4n) is 1.99. The van der Waals surface area contributed by atoms with Gasteiger partial charge in [0.05, 0.1) is 13.2 Å². The van der Waals surface area contributed by atoms with Crippen LogP contribution in [0.2, 0.25) is 0 Å². The average molecular weight is 255 g/mol. The molecule has 96 valence electrons. The Balaban J connectivity index is 1.80. The molecule has 0 radical (unpaired) electrons. The molecule has 0 spiro atoms. The first-order valence-electron chi connectivity index (χ1n) is 6.13. The van der Waals surface area contributed by atoms with Gasteiger partial charge in [-0.1, -0.05) is 30.3 Å². The van der Waals surface area contributed by atoms with Crippen molar-refractivity contribution >= 4 is 5.78 Å². The molecule has 0 bridgehead atoms. The zero-order chi connectivity index (χ0) is 13.1. The lowest BCUT2D eigenvalue weighted by Crippen LogP contribution is -2.04. The van der Waals surface area contributed by atoms with E-state index in [9.17, 15) is 4.79 Å². The number of aromatic nitrogens is 1. The molecule has 1 aliphatic heterocycles. The smallest absolute Gasteiger partial charge is 0.211 e. The van der Waals surface area contributed by atoms with Crippen LogP contribution in [-0.2, 0) is 9.47 Å². The van der Waals surface area contributed by atoms with E-state index in [1.807, 2.05) is 12.1 Å². The third-order valence-corrected chi connectivity index (χ3v) is 2.96. The Hall–Kier alpha value is -2.04. The Morgan fingerprint density at radius 3 is 2.42 bits per heavy atom. The van der Waals surface area contributed by atoms with E-state index in [1.165, 1.54) is 0 Å². The number of rotatable bonds is 3. The molecule has 0 unspecified atom stereocenters. The van der Waals surface area contributed by atoms with Crippen molar-refractivity contribution in [3.8, 4) is 0 Å². The van der Waals surface area contributed by atoms with Crippen LogP contribution >= 0.6 is 0 Å². The number of carbonyl (C=O) groups is 1. The highest BCUT2D eigenvalue weighted by molar-refractivity contribution is 6.07. The topological polar surface area (TPSA) is 48.4 Å². The van der Waals surface area contributed by atoms with Crippen molar-refractivity contribution in [2.45, 2.75) is 6.29 Å². The van der Waals surface area contributed by atoms with Crippen LogP contribution < -0.4 is 0 Å². The molecule has 0 N–H and O–H groups in total. The lowest BCUT2D eigenvalue weighted by molar-refractivity contribution is -0.0441. The molecule has 1 aliphatic rings. The highest BCUT2D eigenvalue weighted by Crippen LogP contribution is 2.23. The van der Waals surface area contributed by atoms with Crippen molar-refractivity contribution in [3.63, 3.8) is 0 Å². The van der Waals surface area contributed by atoms with Crippen LogP contribution in [-0.4, -0.2) is 24.0 Å². The number of pyridine rings is 1. The maximum absolute atomic E-state index is 12.2. The normalized spacial score (nSPS) is 15.6. The second-order valence-corrected chi connectivity index (χ2v) is 4.24. The molecule has 0 amide bonds. The molecule has 4 nitrogen and oxygen atoms in total. The molecule has 2 heterocycles. The molecular weight excluding hydrogens is 242 g/mol. The van der Waals surface area contributed by atoms with Gasteiger partial charge in [-0.3, -0.25) is 9.78 Å². The van der Waals surface area contributed by atoms with Crippen molar-refractivity contribution in [2.24, 2.45) is 0 Å².